The molecule has 1 saturated heterocycles. The van der Waals surface area contributed by atoms with Crippen molar-refractivity contribution in [2.45, 2.75) is 60.2 Å². The molecular weight excluding hydrogens is 250 g/mol. The number of hydrogen-bond acceptors (Lipinski definition) is 4. The highest BCUT2D eigenvalue weighted by Gasteiger charge is 2.35. The molecule has 0 saturated carbocycles. The second-order valence-corrected chi connectivity index (χ2v) is 7.50. The predicted molar refractivity (Wildman–Crippen MR) is 81.5 cm³/mol. The predicted octanol–water partition coefficient (Wildman–Crippen LogP) is 2.83. The molecule has 1 aliphatic rings. The largest absolute Gasteiger partial charge is 0.360 e. The van der Waals surface area contributed by atoms with Crippen LogP contribution in [0, 0.1) is 18.3 Å². The summed E-state index contributed by atoms with van der Waals surface area (Å²) < 4.78 is 5.40. The van der Waals surface area contributed by atoms with E-state index in [0.717, 1.165) is 31.1 Å². The number of hydrogen-bond donors (Lipinski definition) is 1. The molecule has 2 heterocycles. The van der Waals surface area contributed by atoms with Crippen LogP contribution in [0.1, 0.15) is 46.1 Å². The number of nitrogens with zero attached hydrogens (tertiary/aromatic N) is 2. The molecule has 0 spiro atoms. The Morgan fingerprint density at radius 2 is 2.15 bits per heavy atom. The molecule has 0 radical (unpaired) electrons. The van der Waals surface area contributed by atoms with Gasteiger partial charge in [-0.15, -0.1) is 0 Å². The minimum absolute atomic E-state index is 0.275. The van der Waals surface area contributed by atoms with Gasteiger partial charge >= 0.3 is 0 Å². The van der Waals surface area contributed by atoms with Crippen LogP contribution < -0.4 is 5.32 Å². The first-order chi connectivity index (χ1) is 9.27. The van der Waals surface area contributed by atoms with Gasteiger partial charge in [-0.2, -0.15) is 0 Å². The van der Waals surface area contributed by atoms with Crippen LogP contribution in [0.2, 0.25) is 0 Å². The minimum Gasteiger partial charge on any atom is -0.360 e. The Morgan fingerprint density at radius 3 is 2.65 bits per heavy atom. The smallest absolute Gasteiger partial charge is 0.150 e. The second kappa shape index (κ2) is 5.86. The van der Waals surface area contributed by atoms with Crippen molar-refractivity contribution in [2.75, 3.05) is 13.1 Å². The average Bonchev–Trinajstić information content (AvgIpc) is 2.73. The summed E-state index contributed by atoms with van der Waals surface area (Å²) in [7, 11) is 0. The zero-order valence-corrected chi connectivity index (χ0v) is 13.7. The second-order valence-electron chi connectivity index (χ2n) is 7.50. The van der Waals surface area contributed by atoms with Crippen LogP contribution in [-0.2, 0) is 6.54 Å². The van der Waals surface area contributed by atoms with E-state index in [0.29, 0.717) is 18.0 Å². The first kappa shape index (κ1) is 15.5. The Hall–Kier alpha value is -0.870. The molecular formula is C16H29N3O. The number of aromatic nitrogens is 1. The maximum atomic E-state index is 5.40. The van der Waals surface area contributed by atoms with E-state index in [4.69, 9.17) is 4.52 Å². The molecule has 20 heavy (non-hydrogen) atoms. The Kier molecular flexibility index (Phi) is 4.55. The van der Waals surface area contributed by atoms with Crippen LogP contribution in [0.25, 0.3) is 0 Å². The number of aryl methyl sites for hydroxylation is 1. The zero-order valence-electron chi connectivity index (χ0n) is 13.7. The van der Waals surface area contributed by atoms with Gasteiger partial charge in [-0.3, -0.25) is 4.90 Å². The minimum atomic E-state index is 0.275. The van der Waals surface area contributed by atoms with Crippen molar-refractivity contribution in [1.29, 1.82) is 0 Å². The molecule has 2 unspecified atom stereocenters. The third kappa shape index (κ3) is 3.61. The molecule has 0 bridgehead atoms. The molecule has 2 rings (SSSR count). The normalized spacial score (nSPS) is 25.4. The standard InChI is InChI=1S/C16H29N3O/c1-11(2)14-8-17-15(16(4,5)6)10-19(14)9-13-7-12(3)18-20-13/h7,11,14-15,17H,8-10H2,1-6H3. The third-order valence-electron chi connectivity index (χ3n) is 4.31. The van der Waals surface area contributed by atoms with E-state index in [9.17, 15) is 0 Å². The van der Waals surface area contributed by atoms with Gasteiger partial charge in [0.05, 0.1) is 12.2 Å². The Balaban J connectivity index is 2.10. The summed E-state index contributed by atoms with van der Waals surface area (Å²) in [5, 5.41) is 7.73. The maximum absolute atomic E-state index is 5.40. The third-order valence-corrected chi connectivity index (χ3v) is 4.31. The number of nitrogens with one attached hydrogen (secondary N) is 1. The topological polar surface area (TPSA) is 41.3 Å². The van der Waals surface area contributed by atoms with Crippen LogP contribution in [0.5, 0.6) is 0 Å². The van der Waals surface area contributed by atoms with Gasteiger partial charge in [-0.25, -0.2) is 0 Å². The molecule has 114 valence electrons. The highest BCUT2D eigenvalue weighted by molar-refractivity contribution is 5.04. The van der Waals surface area contributed by atoms with E-state index in [2.05, 4.69) is 50.0 Å². The van der Waals surface area contributed by atoms with E-state index in [-0.39, 0.29) is 5.41 Å². The Morgan fingerprint density at radius 1 is 1.45 bits per heavy atom. The summed E-state index contributed by atoms with van der Waals surface area (Å²) in [6.07, 6.45) is 0. The lowest BCUT2D eigenvalue weighted by atomic mass is 9.83. The molecule has 0 aliphatic carbocycles. The molecule has 1 aromatic rings. The quantitative estimate of drug-likeness (QED) is 0.924. The molecule has 2 atom stereocenters. The lowest BCUT2D eigenvalue weighted by Gasteiger charge is -2.46. The molecule has 0 amide bonds. The van der Waals surface area contributed by atoms with E-state index in [1.165, 1.54) is 0 Å². The Bertz CT molecular complexity index is 433. The van der Waals surface area contributed by atoms with Crippen molar-refractivity contribution in [2.24, 2.45) is 11.3 Å². The summed E-state index contributed by atoms with van der Waals surface area (Å²) >= 11 is 0. The molecule has 1 aliphatic heterocycles. The average molecular weight is 279 g/mol. The van der Waals surface area contributed by atoms with Crippen LogP contribution in [0.3, 0.4) is 0 Å². The summed E-state index contributed by atoms with van der Waals surface area (Å²) in [4.78, 5) is 2.55. The highest BCUT2D eigenvalue weighted by Crippen LogP contribution is 2.26. The highest BCUT2D eigenvalue weighted by atomic mass is 16.5. The number of rotatable bonds is 3. The van der Waals surface area contributed by atoms with Gasteiger partial charge in [0, 0.05) is 31.2 Å². The van der Waals surface area contributed by atoms with Crippen LogP contribution in [0.4, 0.5) is 0 Å². The van der Waals surface area contributed by atoms with Gasteiger partial charge < -0.3 is 9.84 Å². The van der Waals surface area contributed by atoms with Crippen LogP contribution in [-0.4, -0.2) is 35.2 Å². The van der Waals surface area contributed by atoms with Gasteiger partial charge in [0.1, 0.15) is 0 Å². The van der Waals surface area contributed by atoms with Gasteiger partial charge in [0.25, 0.3) is 0 Å². The van der Waals surface area contributed by atoms with Crippen molar-refractivity contribution in [1.82, 2.24) is 15.4 Å². The van der Waals surface area contributed by atoms with Crippen molar-refractivity contribution >= 4 is 0 Å². The van der Waals surface area contributed by atoms with E-state index >= 15 is 0 Å². The van der Waals surface area contributed by atoms with Crippen molar-refractivity contribution in [3.63, 3.8) is 0 Å². The van der Waals surface area contributed by atoms with Gasteiger partial charge in [-0.05, 0) is 18.3 Å². The lowest BCUT2D eigenvalue weighted by molar-refractivity contribution is 0.0506. The molecule has 4 nitrogen and oxygen atoms in total. The molecule has 1 N–H and O–H groups in total. The summed E-state index contributed by atoms with van der Waals surface area (Å²) in [5.74, 6) is 1.61. The number of piperazine rings is 1. The fourth-order valence-electron chi connectivity index (χ4n) is 2.94. The van der Waals surface area contributed by atoms with Crippen molar-refractivity contribution in [3.05, 3.63) is 17.5 Å². The van der Waals surface area contributed by atoms with Gasteiger partial charge in [0.2, 0.25) is 0 Å². The maximum Gasteiger partial charge on any atom is 0.150 e. The van der Waals surface area contributed by atoms with Crippen molar-refractivity contribution < 1.29 is 4.52 Å². The van der Waals surface area contributed by atoms with Gasteiger partial charge in [0.15, 0.2) is 5.76 Å². The van der Waals surface area contributed by atoms with E-state index in [1.807, 2.05) is 13.0 Å². The van der Waals surface area contributed by atoms with E-state index < -0.39 is 0 Å². The van der Waals surface area contributed by atoms with Gasteiger partial charge in [-0.1, -0.05) is 39.8 Å². The fourth-order valence-corrected chi connectivity index (χ4v) is 2.94. The lowest BCUT2D eigenvalue weighted by Crippen LogP contribution is -2.61. The van der Waals surface area contributed by atoms with Crippen LogP contribution in [0.15, 0.2) is 10.6 Å². The molecule has 4 heteroatoms. The van der Waals surface area contributed by atoms with E-state index in [1.54, 1.807) is 0 Å². The van der Waals surface area contributed by atoms with Crippen LogP contribution >= 0.6 is 0 Å². The first-order valence-electron chi connectivity index (χ1n) is 7.67. The molecule has 0 aromatic carbocycles. The monoisotopic (exact) mass is 279 g/mol. The SMILES string of the molecule is Cc1cc(CN2CC(C(C)(C)C)NCC2C(C)C)on1. The zero-order chi connectivity index (χ0) is 14.9. The Labute approximate surface area is 122 Å². The summed E-state index contributed by atoms with van der Waals surface area (Å²) in [6.45, 7) is 16.4. The molecule has 1 fully saturated rings. The summed E-state index contributed by atoms with van der Waals surface area (Å²) in [6, 6.07) is 3.12. The first-order valence-corrected chi connectivity index (χ1v) is 7.67. The van der Waals surface area contributed by atoms with Crippen molar-refractivity contribution in [3.8, 4) is 0 Å². The fraction of sp³-hybridized carbons (Fsp3) is 0.812. The summed E-state index contributed by atoms with van der Waals surface area (Å²) in [5.41, 5.74) is 1.24. The molecule has 1 aromatic heterocycles.